The normalized spacial score (nSPS) is 15.4. The van der Waals surface area contributed by atoms with Crippen LogP contribution in [-0.2, 0) is 10.0 Å². The number of hydrogen-bond acceptors (Lipinski definition) is 7. The lowest BCUT2D eigenvalue weighted by atomic mass is 10.3. The average Bonchev–Trinajstić information content (AvgIpc) is 3.24. The van der Waals surface area contributed by atoms with Gasteiger partial charge in [-0.3, -0.25) is 0 Å². The van der Waals surface area contributed by atoms with Crippen LogP contribution in [-0.4, -0.2) is 63.9 Å². The van der Waals surface area contributed by atoms with E-state index >= 15 is 0 Å². The van der Waals surface area contributed by atoms with Gasteiger partial charge in [-0.15, -0.1) is 5.10 Å². The average molecular weight is 490 g/mol. The van der Waals surface area contributed by atoms with Gasteiger partial charge in [0.15, 0.2) is 17.0 Å². The van der Waals surface area contributed by atoms with Gasteiger partial charge in [0.2, 0.25) is 10.0 Å². The molecule has 1 aliphatic rings. The summed E-state index contributed by atoms with van der Waals surface area (Å²) in [5, 5.41) is 9.63. The molecule has 1 fully saturated rings. The van der Waals surface area contributed by atoms with Crippen molar-refractivity contribution in [1.29, 1.82) is 0 Å². The van der Waals surface area contributed by atoms with E-state index in [1.165, 1.54) is 22.8 Å². The number of anilines is 1. The van der Waals surface area contributed by atoms with Gasteiger partial charge in [0, 0.05) is 36.2 Å². The molecule has 0 spiro atoms. The molecule has 9 nitrogen and oxygen atoms in total. The van der Waals surface area contributed by atoms with E-state index in [4.69, 9.17) is 23.2 Å². The van der Waals surface area contributed by atoms with Crippen LogP contribution in [0.25, 0.3) is 16.9 Å². The highest BCUT2D eigenvalue weighted by Crippen LogP contribution is 2.26. The Morgan fingerprint density at radius 2 is 1.44 bits per heavy atom. The Balaban J connectivity index is 1.38. The molecule has 12 heteroatoms. The standard InChI is InChI=1S/C20H17Cl2N7O2S/c21-14-1-5-16(6-2-14)29-20-18(25-26-29)19(23-13-24-20)27-9-11-28(12-10-27)32(30,31)17-7-3-15(22)4-8-17/h1-8,13H,9-12H2. The third-order valence-electron chi connectivity index (χ3n) is 5.28. The van der Waals surface area contributed by atoms with E-state index in [0.29, 0.717) is 53.2 Å². The van der Waals surface area contributed by atoms with E-state index in [2.05, 4.69) is 20.3 Å². The van der Waals surface area contributed by atoms with Crippen LogP contribution < -0.4 is 4.90 Å². The predicted octanol–water partition coefficient (Wildman–Crippen LogP) is 3.03. The molecule has 0 saturated carbocycles. The summed E-state index contributed by atoms with van der Waals surface area (Å²) in [5.41, 5.74) is 1.89. The summed E-state index contributed by atoms with van der Waals surface area (Å²) in [6, 6.07) is 13.4. The number of benzene rings is 2. The molecule has 0 N–H and O–H groups in total. The van der Waals surface area contributed by atoms with Gasteiger partial charge in [0.25, 0.3) is 0 Å². The van der Waals surface area contributed by atoms with Crippen molar-refractivity contribution >= 4 is 50.2 Å². The molecule has 3 heterocycles. The van der Waals surface area contributed by atoms with Crippen molar-refractivity contribution in [1.82, 2.24) is 29.3 Å². The van der Waals surface area contributed by atoms with Crippen LogP contribution in [0.3, 0.4) is 0 Å². The first-order chi connectivity index (χ1) is 15.4. The highest BCUT2D eigenvalue weighted by atomic mass is 35.5. The lowest BCUT2D eigenvalue weighted by molar-refractivity contribution is 0.384. The van der Waals surface area contributed by atoms with Gasteiger partial charge in [-0.1, -0.05) is 28.4 Å². The van der Waals surface area contributed by atoms with Crippen LogP contribution in [0.2, 0.25) is 10.0 Å². The second kappa shape index (κ2) is 8.28. The number of hydrogen-bond donors (Lipinski definition) is 0. The van der Waals surface area contributed by atoms with E-state index in [9.17, 15) is 8.42 Å². The van der Waals surface area contributed by atoms with E-state index < -0.39 is 10.0 Å². The minimum Gasteiger partial charge on any atom is -0.352 e. The van der Waals surface area contributed by atoms with Gasteiger partial charge in [-0.25, -0.2) is 18.4 Å². The Kier molecular flexibility index (Phi) is 5.46. The molecule has 2 aromatic heterocycles. The largest absolute Gasteiger partial charge is 0.352 e. The van der Waals surface area contributed by atoms with Crippen molar-refractivity contribution < 1.29 is 8.42 Å². The van der Waals surface area contributed by atoms with Crippen molar-refractivity contribution in [3.8, 4) is 5.69 Å². The zero-order valence-corrected chi connectivity index (χ0v) is 19.0. The molecule has 1 saturated heterocycles. The Morgan fingerprint density at radius 3 is 2.09 bits per heavy atom. The number of rotatable bonds is 4. The first-order valence-electron chi connectivity index (χ1n) is 9.76. The summed E-state index contributed by atoms with van der Waals surface area (Å²) < 4.78 is 29.0. The van der Waals surface area contributed by atoms with E-state index in [0.717, 1.165) is 5.69 Å². The fraction of sp³-hybridized carbons (Fsp3) is 0.200. The monoisotopic (exact) mass is 489 g/mol. The lowest BCUT2D eigenvalue weighted by Crippen LogP contribution is -2.49. The summed E-state index contributed by atoms with van der Waals surface area (Å²) in [4.78, 5) is 11.0. The summed E-state index contributed by atoms with van der Waals surface area (Å²) in [6.07, 6.45) is 1.46. The molecule has 1 aliphatic heterocycles. The number of sulfonamides is 1. The van der Waals surface area contributed by atoms with Gasteiger partial charge in [-0.05, 0) is 48.5 Å². The lowest BCUT2D eigenvalue weighted by Gasteiger charge is -2.34. The molecule has 0 radical (unpaired) electrons. The second-order valence-corrected chi connectivity index (χ2v) is 10.0. The van der Waals surface area contributed by atoms with Crippen molar-refractivity contribution in [2.75, 3.05) is 31.1 Å². The Bertz CT molecular complexity index is 1370. The minimum absolute atomic E-state index is 0.227. The molecule has 5 rings (SSSR count). The number of fused-ring (bicyclic) bond motifs is 1. The highest BCUT2D eigenvalue weighted by Gasteiger charge is 2.30. The zero-order chi connectivity index (χ0) is 22.3. The molecule has 0 aliphatic carbocycles. The quantitative estimate of drug-likeness (QED) is 0.434. The van der Waals surface area contributed by atoms with Gasteiger partial charge < -0.3 is 4.90 Å². The van der Waals surface area contributed by atoms with Crippen molar-refractivity contribution in [2.24, 2.45) is 0 Å². The highest BCUT2D eigenvalue weighted by molar-refractivity contribution is 7.89. The SMILES string of the molecule is O=S(=O)(c1ccc(Cl)cc1)N1CCN(c2ncnc3c2nnn3-c2ccc(Cl)cc2)CC1. The molecule has 2 aromatic carbocycles. The van der Waals surface area contributed by atoms with Crippen molar-refractivity contribution in [3.63, 3.8) is 0 Å². The maximum absolute atomic E-state index is 12.9. The second-order valence-electron chi connectivity index (χ2n) is 7.19. The van der Waals surface area contributed by atoms with Crippen LogP contribution in [0.4, 0.5) is 5.82 Å². The zero-order valence-electron chi connectivity index (χ0n) is 16.6. The first kappa shape index (κ1) is 21.1. The van der Waals surface area contributed by atoms with Crippen LogP contribution in [0.5, 0.6) is 0 Å². The summed E-state index contributed by atoms with van der Waals surface area (Å²) >= 11 is 11.9. The van der Waals surface area contributed by atoms with Gasteiger partial charge in [0.05, 0.1) is 10.6 Å². The Labute approximate surface area is 194 Å². The molecule has 32 heavy (non-hydrogen) atoms. The summed E-state index contributed by atoms with van der Waals surface area (Å²) in [7, 11) is -3.59. The van der Waals surface area contributed by atoms with Crippen LogP contribution in [0.15, 0.2) is 59.8 Å². The van der Waals surface area contributed by atoms with E-state index in [1.54, 1.807) is 28.9 Å². The van der Waals surface area contributed by atoms with Crippen LogP contribution >= 0.6 is 23.2 Å². The first-order valence-corrected chi connectivity index (χ1v) is 12.0. The van der Waals surface area contributed by atoms with E-state index in [1.807, 2.05) is 17.0 Å². The number of piperazine rings is 1. The van der Waals surface area contributed by atoms with Gasteiger partial charge >= 0.3 is 0 Å². The summed E-state index contributed by atoms with van der Waals surface area (Å²) in [5.74, 6) is 0.624. The molecule has 4 aromatic rings. The molecule has 0 bridgehead atoms. The number of nitrogens with zero attached hydrogens (tertiary/aromatic N) is 7. The maximum Gasteiger partial charge on any atom is 0.243 e. The maximum atomic E-state index is 12.9. The van der Waals surface area contributed by atoms with Crippen molar-refractivity contribution in [3.05, 3.63) is 64.9 Å². The summed E-state index contributed by atoms with van der Waals surface area (Å²) in [6.45, 7) is 1.57. The molecule has 0 amide bonds. The minimum atomic E-state index is -3.59. The molecule has 0 atom stereocenters. The number of aromatic nitrogens is 5. The topological polar surface area (TPSA) is 97.1 Å². The molecule has 0 unspecified atom stereocenters. The molecular weight excluding hydrogens is 473 g/mol. The van der Waals surface area contributed by atoms with Crippen LogP contribution in [0.1, 0.15) is 0 Å². The van der Waals surface area contributed by atoms with Gasteiger partial charge in [-0.2, -0.15) is 8.99 Å². The Morgan fingerprint density at radius 1 is 0.812 bits per heavy atom. The molecule has 164 valence electrons. The fourth-order valence-electron chi connectivity index (χ4n) is 3.62. The third kappa shape index (κ3) is 3.79. The number of halogens is 2. The van der Waals surface area contributed by atoms with E-state index in [-0.39, 0.29) is 4.90 Å². The Hall–Kier alpha value is -2.79. The fourth-order valence-corrected chi connectivity index (χ4v) is 5.29. The third-order valence-corrected chi connectivity index (χ3v) is 7.70. The van der Waals surface area contributed by atoms with Gasteiger partial charge in [0.1, 0.15) is 6.33 Å². The van der Waals surface area contributed by atoms with Crippen molar-refractivity contribution in [2.45, 2.75) is 4.90 Å². The predicted molar refractivity (Wildman–Crippen MR) is 122 cm³/mol. The van der Waals surface area contributed by atoms with Crippen LogP contribution in [0, 0.1) is 0 Å². The molecular formula is C20H17Cl2N7O2S. The smallest absolute Gasteiger partial charge is 0.243 e.